The molecule has 0 aliphatic rings. The maximum absolute atomic E-state index is 12.3. The van der Waals surface area contributed by atoms with Crippen molar-refractivity contribution in [3.05, 3.63) is 52.5 Å². The molecule has 0 saturated heterocycles. The van der Waals surface area contributed by atoms with Crippen LogP contribution in [0.5, 0.6) is 17.2 Å². The lowest BCUT2D eigenvalue weighted by Crippen LogP contribution is -2.35. The van der Waals surface area contributed by atoms with E-state index in [2.05, 4.69) is 26.5 Å². The van der Waals surface area contributed by atoms with Crippen LogP contribution >= 0.6 is 15.9 Å². The number of ether oxygens (including phenoxy) is 2. The topological polar surface area (TPSA) is 80.2 Å². The number of hydrogen-bond acceptors (Lipinski definition) is 5. The molecule has 2 N–H and O–H groups in total. The van der Waals surface area contributed by atoms with E-state index in [1.54, 1.807) is 24.3 Å². The van der Waals surface area contributed by atoms with Crippen molar-refractivity contribution < 1.29 is 19.4 Å². The average molecular weight is 421 g/mol. The SMILES string of the molecule is CCC[C@@H](Oc1ccc(Br)cc1)C(=O)N/N=C\c1ccc(O)c(OC)c1. The van der Waals surface area contributed by atoms with Crippen molar-refractivity contribution in [1.82, 2.24) is 5.43 Å². The Kier molecular flexibility index (Phi) is 7.47. The highest BCUT2D eigenvalue weighted by Gasteiger charge is 2.19. The largest absolute Gasteiger partial charge is 0.504 e. The number of rotatable bonds is 8. The van der Waals surface area contributed by atoms with E-state index in [4.69, 9.17) is 9.47 Å². The molecule has 1 amide bonds. The molecule has 0 spiro atoms. The third-order valence-corrected chi connectivity index (χ3v) is 4.06. The molecule has 0 aromatic heterocycles. The number of aromatic hydroxyl groups is 1. The van der Waals surface area contributed by atoms with Crippen molar-refractivity contribution in [1.29, 1.82) is 0 Å². The molecule has 2 aromatic rings. The van der Waals surface area contributed by atoms with Crippen molar-refractivity contribution in [3.63, 3.8) is 0 Å². The monoisotopic (exact) mass is 420 g/mol. The second kappa shape index (κ2) is 9.82. The zero-order chi connectivity index (χ0) is 18.9. The van der Waals surface area contributed by atoms with Crippen molar-refractivity contribution in [2.24, 2.45) is 5.10 Å². The van der Waals surface area contributed by atoms with Gasteiger partial charge in [0.25, 0.3) is 5.91 Å². The van der Waals surface area contributed by atoms with E-state index in [-0.39, 0.29) is 11.7 Å². The molecule has 1 atom stereocenters. The number of nitrogens with one attached hydrogen (secondary N) is 1. The smallest absolute Gasteiger partial charge is 0.281 e. The van der Waals surface area contributed by atoms with Gasteiger partial charge < -0.3 is 14.6 Å². The number of nitrogens with zero attached hydrogens (tertiary/aromatic N) is 1. The maximum atomic E-state index is 12.3. The summed E-state index contributed by atoms with van der Waals surface area (Å²) < 4.78 is 11.7. The van der Waals surface area contributed by atoms with E-state index in [0.717, 1.165) is 10.9 Å². The number of halogens is 1. The second-order valence-corrected chi connectivity index (χ2v) is 6.43. The Balaban J connectivity index is 1.99. The number of methoxy groups -OCH3 is 1. The molecule has 0 unspecified atom stereocenters. The molecule has 0 fully saturated rings. The first-order chi connectivity index (χ1) is 12.5. The average Bonchev–Trinajstić information content (AvgIpc) is 2.64. The Morgan fingerprint density at radius 2 is 2.04 bits per heavy atom. The van der Waals surface area contributed by atoms with Gasteiger partial charge in [-0.25, -0.2) is 5.43 Å². The molecule has 0 aliphatic carbocycles. The van der Waals surface area contributed by atoms with Crippen LogP contribution in [0.15, 0.2) is 52.0 Å². The number of hydrazone groups is 1. The van der Waals surface area contributed by atoms with Gasteiger partial charge in [0.05, 0.1) is 13.3 Å². The van der Waals surface area contributed by atoms with Gasteiger partial charge in [0, 0.05) is 4.47 Å². The Labute approximate surface area is 161 Å². The molecule has 2 aromatic carbocycles. The normalized spacial score (nSPS) is 12.0. The van der Waals surface area contributed by atoms with Gasteiger partial charge in [-0.2, -0.15) is 5.10 Å². The molecule has 2 rings (SSSR count). The minimum atomic E-state index is -0.632. The molecule has 0 radical (unpaired) electrons. The summed E-state index contributed by atoms with van der Waals surface area (Å²) in [7, 11) is 1.46. The van der Waals surface area contributed by atoms with Crippen LogP contribution in [0, 0.1) is 0 Å². The highest BCUT2D eigenvalue weighted by Crippen LogP contribution is 2.25. The minimum Gasteiger partial charge on any atom is -0.504 e. The summed E-state index contributed by atoms with van der Waals surface area (Å²) >= 11 is 3.36. The summed E-state index contributed by atoms with van der Waals surface area (Å²) in [5, 5.41) is 13.5. The Morgan fingerprint density at radius 1 is 1.31 bits per heavy atom. The third kappa shape index (κ3) is 5.77. The number of amides is 1. The number of phenols is 1. The van der Waals surface area contributed by atoms with Crippen molar-refractivity contribution in [3.8, 4) is 17.2 Å². The van der Waals surface area contributed by atoms with Crippen molar-refractivity contribution in [2.75, 3.05) is 7.11 Å². The van der Waals surface area contributed by atoms with Crippen LogP contribution in [0.4, 0.5) is 0 Å². The lowest BCUT2D eigenvalue weighted by molar-refractivity contribution is -0.128. The standard InChI is InChI=1S/C19H21BrN2O4/c1-3-4-17(26-15-8-6-14(20)7-9-15)19(24)22-21-12-13-5-10-16(23)18(11-13)25-2/h5-12,17,23H,3-4H2,1-2H3,(H,22,24)/b21-12-/t17-/m1/s1. The highest BCUT2D eigenvalue weighted by atomic mass is 79.9. The first-order valence-electron chi connectivity index (χ1n) is 8.15. The number of benzene rings is 2. The number of phenolic OH excluding ortho intramolecular Hbond substituents is 1. The van der Waals surface area contributed by atoms with Crippen LogP contribution in [0.3, 0.4) is 0 Å². The number of hydrogen-bond donors (Lipinski definition) is 2. The lowest BCUT2D eigenvalue weighted by Gasteiger charge is -2.16. The van der Waals surface area contributed by atoms with Gasteiger partial charge >= 0.3 is 0 Å². The van der Waals surface area contributed by atoms with Crippen LogP contribution in [0.25, 0.3) is 0 Å². The molecule has 138 valence electrons. The Morgan fingerprint density at radius 3 is 2.69 bits per heavy atom. The van der Waals surface area contributed by atoms with Gasteiger partial charge in [-0.1, -0.05) is 29.3 Å². The highest BCUT2D eigenvalue weighted by molar-refractivity contribution is 9.10. The first kappa shape index (κ1) is 19.8. The van der Waals surface area contributed by atoms with E-state index < -0.39 is 6.10 Å². The second-order valence-electron chi connectivity index (χ2n) is 5.51. The van der Waals surface area contributed by atoms with Gasteiger partial charge in [-0.05, 0) is 54.4 Å². The molecule has 0 heterocycles. The van der Waals surface area contributed by atoms with Gasteiger partial charge in [-0.3, -0.25) is 4.79 Å². The van der Waals surface area contributed by atoms with Gasteiger partial charge in [0.2, 0.25) is 0 Å². The van der Waals surface area contributed by atoms with E-state index in [1.807, 2.05) is 19.1 Å². The fourth-order valence-electron chi connectivity index (χ4n) is 2.20. The Bertz CT molecular complexity index is 763. The summed E-state index contributed by atoms with van der Waals surface area (Å²) in [6.07, 6.45) is 2.22. The zero-order valence-electron chi connectivity index (χ0n) is 14.6. The van der Waals surface area contributed by atoms with Crippen LogP contribution in [0.1, 0.15) is 25.3 Å². The van der Waals surface area contributed by atoms with Crippen LogP contribution in [0.2, 0.25) is 0 Å². The summed E-state index contributed by atoms with van der Waals surface area (Å²) in [5.74, 6) is 0.674. The first-order valence-corrected chi connectivity index (χ1v) is 8.95. The van der Waals surface area contributed by atoms with Crippen LogP contribution in [-0.4, -0.2) is 30.4 Å². The van der Waals surface area contributed by atoms with E-state index >= 15 is 0 Å². The molecule has 7 heteroatoms. The van der Waals surface area contributed by atoms with Crippen molar-refractivity contribution in [2.45, 2.75) is 25.9 Å². The van der Waals surface area contributed by atoms with Gasteiger partial charge in [0.1, 0.15) is 5.75 Å². The lowest BCUT2D eigenvalue weighted by atomic mass is 10.2. The van der Waals surface area contributed by atoms with Crippen LogP contribution in [-0.2, 0) is 4.79 Å². The summed E-state index contributed by atoms with van der Waals surface area (Å²) in [6, 6.07) is 12.1. The van der Waals surface area contributed by atoms with E-state index in [0.29, 0.717) is 23.5 Å². The molecular weight excluding hydrogens is 400 g/mol. The summed E-state index contributed by atoms with van der Waals surface area (Å²) in [4.78, 5) is 12.3. The fourth-order valence-corrected chi connectivity index (χ4v) is 2.46. The molecule has 0 bridgehead atoms. The van der Waals surface area contributed by atoms with Crippen LogP contribution < -0.4 is 14.9 Å². The molecule has 6 nitrogen and oxygen atoms in total. The van der Waals surface area contributed by atoms with Crippen molar-refractivity contribution >= 4 is 28.1 Å². The third-order valence-electron chi connectivity index (χ3n) is 3.53. The molecule has 0 saturated carbocycles. The molecule has 26 heavy (non-hydrogen) atoms. The molecule has 0 aliphatic heterocycles. The van der Waals surface area contributed by atoms with E-state index in [9.17, 15) is 9.90 Å². The Hall–Kier alpha value is -2.54. The van der Waals surface area contributed by atoms with E-state index in [1.165, 1.54) is 19.4 Å². The maximum Gasteiger partial charge on any atom is 0.281 e. The number of carbonyl (C=O) groups is 1. The summed E-state index contributed by atoms with van der Waals surface area (Å²) in [6.45, 7) is 1.98. The zero-order valence-corrected chi connectivity index (χ0v) is 16.2. The van der Waals surface area contributed by atoms with Gasteiger partial charge in [-0.15, -0.1) is 0 Å². The number of carbonyl (C=O) groups excluding carboxylic acids is 1. The predicted octanol–water partition coefficient (Wildman–Crippen LogP) is 3.86. The van der Waals surface area contributed by atoms with Gasteiger partial charge in [0.15, 0.2) is 17.6 Å². The predicted molar refractivity (Wildman–Crippen MR) is 104 cm³/mol. The molecular formula is C19H21BrN2O4. The minimum absolute atomic E-state index is 0.0413. The quantitative estimate of drug-likeness (QED) is 0.501. The summed E-state index contributed by atoms with van der Waals surface area (Å²) in [5.41, 5.74) is 3.17. The fraction of sp³-hybridized carbons (Fsp3) is 0.263.